The van der Waals surface area contributed by atoms with Gasteiger partial charge in [0.1, 0.15) is 5.52 Å². The molecule has 2 aromatic carbocycles. The molecular formula is C14H12ClN3O2S. The quantitative estimate of drug-likeness (QED) is 0.787. The molecule has 0 spiro atoms. The molecule has 0 bridgehead atoms. The highest BCUT2D eigenvalue weighted by Gasteiger charge is 2.19. The Morgan fingerprint density at radius 2 is 1.86 bits per heavy atom. The number of anilines is 1. The number of nitrogens with zero attached hydrogens (tertiary/aromatic N) is 2. The first kappa shape index (κ1) is 13.9. The monoisotopic (exact) mass is 321 g/mol. The summed E-state index contributed by atoms with van der Waals surface area (Å²) in [5, 5.41) is 0.508. The predicted molar refractivity (Wildman–Crippen MR) is 83.6 cm³/mol. The van der Waals surface area contributed by atoms with Crippen molar-refractivity contribution in [1.82, 2.24) is 9.55 Å². The van der Waals surface area contributed by atoms with Gasteiger partial charge in [-0.1, -0.05) is 29.8 Å². The van der Waals surface area contributed by atoms with Crippen molar-refractivity contribution in [3.05, 3.63) is 47.5 Å². The fourth-order valence-electron chi connectivity index (χ4n) is 2.28. The summed E-state index contributed by atoms with van der Waals surface area (Å²) in [4.78, 5) is 4.35. The zero-order chi connectivity index (χ0) is 15.2. The molecule has 1 heterocycles. The largest absolute Gasteiger partial charge is 0.369 e. The van der Waals surface area contributed by atoms with Crippen molar-refractivity contribution in [2.45, 2.75) is 4.90 Å². The predicted octanol–water partition coefficient (Wildman–Crippen LogP) is 2.66. The third-order valence-corrected chi connectivity index (χ3v) is 4.61. The first-order valence-electron chi connectivity index (χ1n) is 6.11. The summed E-state index contributed by atoms with van der Waals surface area (Å²) in [5.74, 6) is 0.189. The van der Waals surface area contributed by atoms with Crippen LogP contribution in [-0.2, 0) is 9.84 Å². The summed E-state index contributed by atoms with van der Waals surface area (Å²) in [5.41, 5.74) is 7.57. The number of aromatic nitrogens is 2. The Bertz CT molecular complexity index is 948. The molecule has 5 nitrogen and oxygen atoms in total. The van der Waals surface area contributed by atoms with Crippen molar-refractivity contribution in [3.8, 4) is 5.69 Å². The zero-order valence-electron chi connectivity index (χ0n) is 11.1. The molecule has 0 aliphatic carbocycles. The molecule has 1 aromatic heterocycles. The summed E-state index contributed by atoms with van der Waals surface area (Å²) < 4.78 is 25.4. The average Bonchev–Trinajstić information content (AvgIpc) is 2.74. The summed E-state index contributed by atoms with van der Waals surface area (Å²) in [7, 11) is -3.39. The zero-order valence-corrected chi connectivity index (χ0v) is 12.7. The van der Waals surface area contributed by atoms with Gasteiger partial charge in [-0.25, -0.2) is 13.4 Å². The van der Waals surface area contributed by atoms with Gasteiger partial charge in [0.25, 0.3) is 0 Å². The van der Waals surface area contributed by atoms with Crippen LogP contribution in [0.2, 0.25) is 5.02 Å². The Balaban J connectivity index is 2.42. The summed E-state index contributed by atoms with van der Waals surface area (Å²) in [6, 6.07) is 12.1. The highest BCUT2D eigenvalue weighted by molar-refractivity contribution is 7.91. The van der Waals surface area contributed by atoms with Crippen LogP contribution in [0, 0.1) is 0 Å². The van der Waals surface area contributed by atoms with Crippen LogP contribution in [0.15, 0.2) is 47.4 Å². The van der Waals surface area contributed by atoms with Gasteiger partial charge in [-0.2, -0.15) is 0 Å². The van der Waals surface area contributed by atoms with Crippen LogP contribution in [0.3, 0.4) is 0 Å². The van der Waals surface area contributed by atoms with Gasteiger partial charge in [0.05, 0.1) is 21.1 Å². The van der Waals surface area contributed by atoms with E-state index in [4.69, 9.17) is 17.3 Å². The summed E-state index contributed by atoms with van der Waals surface area (Å²) in [6.07, 6.45) is 1.15. The lowest BCUT2D eigenvalue weighted by Gasteiger charge is -2.08. The highest BCUT2D eigenvalue weighted by atomic mass is 35.5. The molecule has 0 aliphatic rings. The fraction of sp³-hybridized carbons (Fsp3) is 0.0714. The number of sulfone groups is 1. The molecule has 2 N–H and O–H groups in total. The number of imidazole rings is 1. The van der Waals surface area contributed by atoms with Gasteiger partial charge >= 0.3 is 0 Å². The number of halogens is 1. The Kier molecular flexibility index (Phi) is 3.15. The topological polar surface area (TPSA) is 78.0 Å². The van der Waals surface area contributed by atoms with Crippen LogP contribution < -0.4 is 5.73 Å². The Morgan fingerprint density at radius 1 is 1.14 bits per heavy atom. The second kappa shape index (κ2) is 4.75. The number of nitrogens with two attached hydrogens (primary N) is 1. The van der Waals surface area contributed by atoms with Crippen molar-refractivity contribution >= 4 is 38.4 Å². The molecule has 3 aromatic rings. The molecule has 21 heavy (non-hydrogen) atoms. The molecule has 0 fully saturated rings. The van der Waals surface area contributed by atoms with E-state index in [2.05, 4.69) is 4.98 Å². The molecule has 0 radical (unpaired) electrons. The number of para-hydroxylation sites is 2. The molecule has 0 aliphatic heterocycles. The van der Waals surface area contributed by atoms with Gasteiger partial charge in [-0.3, -0.25) is 4.57 Å². The van der Waals surface area contributed by atoms with Crippen molar-refractivity contribution in [2.75, 3.05) is 12.0 Å². The van der Waals surface area contributed by atoms with Gasteiger partial charge in [0.2, 0.25) is 5.95 Å². The van der Waals surface area contributed by atoms with Crippen LogP contribution in [0.25, 0.3) is 16.7 Å². The molecule has 0 saturated carbocycles. The van der Waals surface area contributed by atoms with E-state index in [9.17, 15) is 8.42 Å². The van der Waals surface area contributed by atoms with E-state index < -0.39 is 9.84 Å². The van der Waals surface area contributed by atoms with Crippen LogP contribution >= 0.6 is 11.6 Å². The summed E-state index contributed by atoms with van der Waals surface area (Å²) in [6.45, 7) is 0. The van der Waals surface area contributed by atoms with Crippen LogP contribution in [0.5, 0.6) is 0 Å². The first-order chi connectivity index (χ1) is 9.89. The number of hydrogen-bond acceptors (Lipinski definition) is 4. The minimum Gasteiger partial charge on any atom is -0.369 e. The smallest absolute Gasteiger partial charge is 0.206 e. The standard InChI is InChI=1S/C14H12ClN3O2S/c1-21(19,20)12-8-4-7-11-13(12)17-14(16)18(11)10-6-3-2-5-9(10)15/h2-8H,1H3,(H2,16,17). The minimum absolute atomic E-state index is 0.150. The van der Waals surface area contributed by atoms with E-state index in [1.165, 1.54) is 6.07 Å². The Labute approximate surface area is 126 Å². The SMILES string of the molecule is CS(=O)(=O)c1cccc2c1nc(N)n2-c1ccccc1Cl. The molecule has 0 saturated heterocycles. The third kappa shape index (κ3) is 2.26. The lowest BCUT2D eigenvalue weighted by atomic mass is 10.3. The molecular weight excluding hydrogens is 310 g/mol. The Morgan fingerprint density at radius 3 is 2.52 bits per heavy atom. The van der Waals surface area contributed by atoms with Crippen LogP contribution in [0.4, 0.5) is 5.95 Å². The third-order valence-electron chi connectivity index (χ3n) is 3.17. The second-order valence-corrected chi connectivity index (χ2v) is 7.04. The van der Waals surface area contributed by atoms with Crippen molar-refractivity contribution in [2.24, 2.45) is 0 Å². The average molecular weight is 322 g/mol. The number of rotatable bonds is 2. The molecule has 0 unspecified atom stereocenters. The lowest BCUT2D eigenvalue weighted by molar-refractivity contribution is 0.602. The van der Waals surface area contributed by atoms with Gasteiger partial charge in [-0.15, -0.1) is 0 Å². The number of nitrogen functional groups attached to an aromatic ring is 1. The fourth-order valence-corrected chi connectivity index (χ4v) is 3.32. The van der Waals surface area contributed by atoms with E-state index >= 15 is 0 Å². The molecule has 0 atom stereocenters. The van der Waals surface area contributed by atoms with E-state index in [1.807, 2.05) is 12.1 Å². The maximum atomic E-state index is 11.9. The van der Waals surface area contributed by atoms with Crippen LogP contribution in [0.1, 0.15) is 0 Å². The van der Waals surface area contributed by atoms with Crippen molar-refractivity contribution in [3.63, 3.8) is 0 Å². The highest BCUT2D eigenvalue weighted by Crippen LogP contribution is 2.30. The first-order valence-corrected chi connectivity index (χ1v) is 8.38. The lowest BCUT2D eigenvalue weighted by Crippen LogP contribution is -2.01. The number of hydrogen-bond donors (Lipinski definition) is 1. The Hall–Kier alpha value is -2.05. The maximum Gasteiger partial charge on any atom is 0.206 e. The van der Waals surface area contributed by atoms with Gasteiger partial charge in [0, 0.05) is 6.26 Å². The molecule has 7 heteroatoms. The van der Waals surface area contributed by atoms with E-state index in [0.29, 0.717) is 21.7 Å². The summed E-state index contributed by atoms with van der Waals surface area (Å²) >= 11 is 6.20. The second-order valence-electron chi connectivity index (χ2n) is 4.65. The van der Waals surface area contributed by atoms with Crippen LogP contribution in [-0.4, -0.2) is 24.2 Å². The van der Waals surface area contributed by atoms with Gasteiger partial charge < -0.3 is 5.73 Å². The molecule has 0 amide bonds. The van der Waals surface area contributed by atoms with E-state index in [0.717, 1.165) is 6.26 Å². The number of benzene rings is 2. The van der Waals surface area contributed by atoms with E-state index in [-0.39, 0.29) is 10.8 Å². The van der Waals surface area contributed by atoms with Gasteiger partial charge in [0.15, 0.2) is 9.84 Å². The van der Waals surface area contributed by atoms with Gasteiger partial charge in [-0.05, 0) is 24.3 Å². The maximum absolute atomic E-state index is 11.9. The van der Waals surface area contributed by atoms with E-state index in [1.54, 1.807) is 28.8 Å². The molecule has 3 rings (SSSR count). The minimum atomic E-state index is -3.39. The van der Waals surface area contributed by atoms with Crippen molar-refractivity contribution < 1.29 is 8.42 Å². The molecule has 108 valence electrons. The number of fused-ring (bicyclic) bond motifs is 1. The van der Waals surface area contributed by atoms with Crippen molar-refractivity contribution in [1.29, 1.82) is 0 Å². The normalized spacial score (nSPS) is 11.9.